The number of nitrogens with one attached hydrogen (secondary N) is 1. The summed E-state index contributed by atoms with van der Waals surface area (Å²) in [5, 5.41) is 19.8. The Morgan fingerprint density at radius 3 is 2.74 bits per heavy atom. The van der Waals surface area contributed by atoms with Crippen LogP contribution in [-0.2, 0) is 0 Å². The SMILES string of the molecule is CC(Nc1ccc(C(=O)O)nn1)C1CC2CCC1C2. The summed E-state index contributed by atoms with van der Waals surface area (Å²) in [6.07, 6.45) is 5.48. The number of hydrogen-bond acceptors (Lipinski definition) is 4. The Labute approximate surface area is 112 Å². The Kier molecular flexibility index (Phi) is 3.12. The van der Waals surface area contributed by atoms with E-state index in [2.05, 4.69) is 22.4 Å². The average Bonchev–Trinajstić information content (AvgIpc) is 3.01. The van der Waals surface area contributed by atoms with Gasteiger partial charge in [0.25, 0.3) is 0 Å². The zero-order valence-electron chi connectivity index (χ0n) is 11.0. The third kappa shape index (κ3) is 2.41. The Morgan fingerprint density at radius 2 is 2.21 bits per heavy atom. The smallest absolute Gasteiger partial charge is 0.356 e. The normalized spacial score (nSPS) is 30.3. The van der Waals surface area contributed by atoms with Crippen LogP contribution in [0.1, 0.15) is 43.1 Å². The van der Waals surface area contributed by atoms with Crippen molar-refractivity contribution >= 4 is 11.8 Å². The van der Waals surface area contributed by atoms with Gasteiger partial charge in [0.2, 0.25) is 0 Å². The Balaban J connectivity index is 1.63. The fourth-order valence-electron chi connectivity index (χ4n) is 3.77. The fraction of sp³-hybridized carbons (Fsp3) is 0.643. The zero-order valence-corrected chi connectivity index (χ0v) is 11.0. The monoisotopic (exact) mass is 261 g/mol. The Morgan fingerprint density at radius 1 is 1.37 bits per heavy atom. The number of aromatic nitrogens is 2. The highest BCUT2D eigenvalue weighted by Gasteiger charge is 2.41. The van der Waals surface area contributed by atoms with Crippen molar-refractivity contribution in [3.05, 3.63) is 17.8 Å². The molecule has 0 amide bonds. The first-order chi connectivity index (χ1) is 9.13. The van der Waals surface area contributed by atoms with Crippen LogP contribution in [0.3, 0.4) is 0 Å². The molecule has 3 rings (SSSR count). The summed E-state index contributed by atoms with van der Waals surface area (Å²) in [4.78, 5) is 10.7. The maximum atomic E-state index is 10.7. The van der Waals surface area contributed by atoms with E-state index in [-0.39, 0.29) is 5.69 Å². The first-order valence-corrected chi connectivity index (χ1v) is 6.97. The number of aromatic carboxylic acids is 1. The van der Waals surface area contributed by atoms with Crippen LogP contribution in [-0.4, -0.2) is 27.3 Å². The first-order valence-electron chi connectivity index (χ1n) is 6.97. The quantitative estimate of drug-likeness (QED) is 0.870. The molecule has 0 radical (unpaired) electrons. The van der Waals surface area contributed by atoms with Crippen LogP contribution in [0.25, 0.3) is 0 Å². The molecule has 2 aliphatic carbocycles. The summed E-state index contributed by atoms with van der Waals surface area (Å²) in [6.45, 7) is 2.19. The molecule has 1 aromatic rings. The van der Waals surface area contributed by atoms with E-state index in [0.717, 1.165) is 17.8 Å². The van der Waals surface area contributed by atoms with Crippen LogP contribution in [0, 0.1) is 17.8 Å². The summed E-state index contributed by atoms with van der Waals surface area (Å²) in [5.74, 6) is 2.14. The predicted octanol–water partition coefficient (Wildman–Crippen LogP) is 2.41. The van der Waals surface area contributed by atoms with Gasteiger partial charge in [0.05, 0.1) is 0 Å². The lowest BCUT2D eigenvalue weighted by atomic mass is 9.84. The summed E-state index contributed by atoms with van der Waals surface area (Å²) >= 11 is 0. The van der Waals surface area contributed by atoms with Crippen LogP contribution in [0.4, 0.5) is 5.82 Å². The van der Waals surface area contributed by atoms with Crippen LogP contribution >= 0.6 is 0 Å². The second kappa shape index (κ2) is 4.79. The minimum absolute atomic E-state index is 0.0156. The van der Waals surface area contributed by atoms with E-state index in [1.807, 2.05) is 0 Å². The largest absolute Gasteiger partial charge is 0.476 e. The number of carboxylic acids is 1. The van der Waals surface area contributed by atoms with Crippen molar-refractivity contribution < 1.29 is 9.90 Å². The number of nitrogens with zero attached hydrogens (tertiary/aromatic N) is 2. The van der Waals surface area contributed by atoms with E-state index in [1.165, 1.54) is 31.7 Å². The van der Waals surface area contributed by atoms with E-state index in [4.69, 9.17) is 5.11 Å². The molecule has 0 aromatic carbocycles. The standard InChI is InChI=1S/C14H19N3O2/c1-8(11-7-9-2-3-10(11)6-9)15-13-5-4-12(14(18)19)16-17-13/h4-5,8-11H,2-3,6-7H2,1H3,(H,15,17)(H,18,19). The maximum Gasteiger partial charge on any atom is 0.356 e. The molecule has 1 heterocycles. The van der Waals surface area contributed by atoms with Gasteiger partial charge < -0.3 is 10.4 Å². The molecule has 0 aliphatic heterocycles. The third-order valence-electron chi connectivity index (χ3n) is 4.69. The molecule has 19 heavy (non-hydrogen) atoms. The van der Waals surface area contributed by atoms with Gasteiger partial charge in [-0.25, -0.2) is 4.79 Å². The molecular weight excluding hydrogens is 242 g/mol. The minimum Gasteiger partial charge on any atom is -0.476 e. The first kappa shape index (κ1) is 12.4. The third-order valence-corrected chi connectivity index (χ3v) is 4.69. The highest BCUT2D eigenvalue weighted by Crippen LogP contribution is 2.49. The fourth-order valence-corrected chi connectivity index (χ4v) is 3.77. The summed E-state index contributed by atoms with van der Waals surface area (Å²) in [6, 6.07) is 3.56. The van der Waals surface area contributed by atoms with Crippen molar-refractivity contribution in [3.8, 4) is 0 Å². The molecule has 4 unspecified atom stereocenters. The molecule has 0 spiro atoms. The Bertz CT molecular complexity index is 474. The zero-order chi connectivity index (χ0) is 13.4. The second-order valence-corrected chi connectivity index (χ2v) is 5.88. The molecular formula is C14H19N3O2. The number of carbonyl (C=O) groups is 1. The highest BCUT2D eigenvalue weighted by atomic mass is 16.4. The van der Waals surface area contributed by atoms with Gasteiger partial charge in [0, 0.05) is 6.04 Å². The lowest BCUT2D eigenvalue weighted by Gasteiger charge is -2.28. The van der Waals surface area contributed by atoms with Gasteiger partial charge in [0.15, 0.2) is 5.69 Å². The van der Waals surface area contributed by atoms with Crippen molar-refractivity contribution in [2.24, 2.45) is 17.8 Å². The number of carboxylic acid groups (broad SMARTS) is 1. The van der Waals surface area contributed by atoms with E-state index < -0.39 is 5.97 Å². The number of hydrogen-bond donors (Lipinski definition) is 2. The molecule has 2 saturated carbocycles. The molecule has 5 nitrogen and oxygen atoms in total. The van der Waals surface area contributed by atoms with Gasteiger partial charge in [-0.05, 0) is 56.1 Å². The van der Waals surface area contributed by atoms with Crippen LogP contribution < -0.4 is 5.32 Å². The molecule has 4 atom stereocenters. The van der Waals surface area contributed by atoms with Crippen LogP contribution in [0.5, 0.6) is 0 Å². The van der Waals surface area contributed by atoms with Gasteiger partial charge in [-0.15, -0.1) is 10.2 Å². The summed E-state index contributed by atoms with van der Waals surface area (Å²) in [5.41, 5.74) is -0.0156. The van der Waals surface area contributed by atoms with E-state index in [9.17, 15) is 4.79 Å². The molecule has 102 valence electrons. The number of anilines is 1. The van der Waals surface area contributed by atoms with Gasteiger partial charge in [-0.2, -0.15) is 0 Å². The maximum absolute atomic E-state index is 10.7. The average molecular weight is 261 g/mol. The lowest BCUT2D eigenvalue weighted by Crippen LogP contribution is -2.30. The second-order valence-electron chi connectivity index (χ2n) is 5.88. The summed E-state index contributed by atoms with van der Waals surface area (Å²) in [7, 11) is 0. The number of rotatable bonds is 4. The number of fused-ring (bicyclic) bond motifs is 2. The molecule has 2 bridgehead atoms. The van der Waals surface area contributed by atoms with Crippen molar-refractivity contribution in [1.82, 2.24) is 10.2 Å². The van der Waals surface area contributed by atoms with Crippen LogP contribution in [0.2, 0.25) is 0 Å². The van der Waals surface area contributed by atoms with Crippen molar-refractivity contribution in [1.29, 1.82) is 0 Å². The van der Waals surface area contributed by atoms with E-state index in [0.29, 0.717) is 11.9 Å². The molecule has 2 fully saturated rings. The van der Waals surface area contributed by atoms with Crippen molar-refractivity contribution in [3.63, 3.8) is 0 Å². The van der Waals surface area contributed by atoms with Gasteiger partial charge in [-0.1, -0.05) is 6.42 Å². The predicted molar refractivity (Wildman–Crippen MR) is 71.0 cm³/mol. The van der Waals surface area contributed by atoms with E-state index >= 15 is 0 Å². The van der Waals surface area contributed by atoms with E-state index in [1.54, 1.807) is 6.07 Å². The lowest BCUT2D eigenvalue weighted by molar-refractivity contribution is 0.0689. The van der Waals surface area contributed by atoms with Crippen molar-refractivity contribution in [2.75, 3.05) is 5.32 Å². The van der Waals surface area contributed by atoms with Gasteiger partial charge in [0.1, 0.15) is 5.82 Å². The molecule has 5 heteroatoms. The molecule has 2 aliphatic rings. The van der Waals surface area contributed by atoms with Crippen LogP contribution in [0.15, 0.2) is 12.1 Å². The Hall–Kier alpha value is -1.65. The molecule has 1 aromatic heterocycles. The van der Waals surface area contributed by atoms with Gasteiger partial charge >= 0.3 is 5.97 Å². The van der Waals surface area contributed by atoms with Gasteiger partial charge in [-0.3, -0.25) is 0 Å². The van der Waals surface area contributed by atoms with Crippen molar-refractivity contribution in [2.45, 2.75) is 38.6 Å². The minimum atomic E-state index is -1.04. The molecule has 2 N–H and O–H groups in total. The molecule has 0 saturated heterocycles. The summed E-state index contributed by atoms with van der Waals surface area (Å²) < 4.78 is 0. The topological polar surface area (TPSA) is 75.1 Å². The highest BCUT2D eigenvalue weighted by molar-refractivity contribution is 5.85.